The Morgan fingerprint density at radius 1 is 1.00 bits per heavy atom. The third kappa shape index (κ3) is 3.96. The van der Waals surface area contributed by atoms with Crippen LogP contribution in [0, 0.1) is 0 Å². The molecule has 1 N–H and O–H groups in total. The van der Waals surface area contributed by atoms with Gasteiger partial charge in [-0.05, 0) is 54.1 Å². The fourth-order valence-electron chi connectivity index (χ4n) is 3.99. The average Bonchev–Trinajstić information content (AvgIpc) is 3.42. The Hall–Kier alpha value is -4.01. The Labute approximate surface area is 208 Å². The Bertz CT molecular complexity index is 1480. The van der Waals surface area contributed by atoms with Gasteiger partial charge < -0.3 is 9.84 Å². The van der Waals surface area contributed by atoms with Crippen molar-refractivity contribution in [3.05, 3.63) is 100 Å². The van der Waals surface area contributed by atoms with Crippen molar-refractivity contribution in [2.75, 3.05) is 12.0 Å². The van der Waals surface area contributed by atoms with Crippen molar-refractivity contribution < 1.29 is 24.2 Å². The van der Waals surface area contributed by atoms with E-state index in [0.717, 1.165) is 4.70 Å². The summed E-state index contributed by atoms with van der Waals surface area (Å²) in [7, 11) is 1.28. The van der Waals surface area contributed by atoms with Crippen molar-refractivity contribution in [2.45, 2.75) is 6.04 Å². The topological polar surface area (TPSA) is 96.8 Å². The second-order valence-electron chi connectivity index (χ2n) is 7.75. The van der Waals surface area contributed by atoms with E-state index in [1.165, 1.54) is 23.3 Å². The number of aromatic nitrogens is 1. The van der Waals surface area contributed by atoms with Crippen LogP contribution >= 0.6 is 22.9 Å². The minimum atomic E-state index is -0.960. The van der Waals surface area contributed by atoms with E-state index < -0.39 is 23.7 Å². The molecule has 9 heteroatoms. The average molecular weight is 505 g/mol. The van der Waals surface area contributed by atoms with E-state index in [-0.39, 0.29) is 11.3 Å². The summed E-state index contributed by atoms with van der Waals surface area (Å²) < 4.78 is 5.61. The number of ketones is 1. The molecule has 1 atom stereocenters. The summed E-state index contributed by atoms with van der Waals surface area (Å²) in [6.45, 7) is 0. The van der Waals surface area contributed by atoms with Crippen LogP contribution in [-0.4, -0.2) is 34.9 Å². The van der Waals surface area contributed by atoms with Crippen molar-refractivity contribution in [1.29, 1.82) is 0 Å². The molecule has 0 aliphatic carbocycles. The van der Waals surface area contributed by atoms with E-state index in [1.54, 1.807) is 48.5 Å². The summed E-state index contributed by atoms with van der Waals surface area (Å²) in [6, 6.07) is 19.1. The van der Waals surface area contributed by atoms with Gasteiger partial charge in [-0.15, -0.1) is 0 Å². The zero-order chi connectivity index (χ0) is 24.7. The third-order valence-electron chi connectivity index (χ3n) is 5.70. The molecule has 174 valence electrons. The summed E-state index contributed by atoms with van der Waals surface area (Å²) in [4.78, 5) is 44.3. The number of aliphatic hydroxyl groups is 1. The van der Waals surface area contributed by atoms with Crippen LogP contribution in [0.4, 0.5) is 5.13 Å². The largest absolute Gasteiger partial charge is 0.507 e. The molecule has 1 amide bonds. The lowest BCUT2D eigenvalue weighted by molar-refractivity contribution is -0.132. The van der Waals surface area contributed by atoms with E-state index in [1.807, 2.05) is 24.3 Å². The Morgan fingerprint density at radius 2 is 1.66 bits per heavy atom. The molecule has 1 fully saturated rings. The number of Topliss-reactive ketones (excluding diaryl/α,β-unsaturated/α-hetero) is 1. The van der Waals surface area contributed by atoms with Gasteiger partial charge in [0.05, 0.1) is 34.5 Å². The fourth-order valence-corrected chi connectivity index (χ4v) is 5.11. The number of aliphatic hydroxyl groups excluding tert-OH is 1. The zero-order valence-electron chi connectivity index (χ0n) is 18.3. The maximum Gasteiger partial charge on any atom is 0.337 e. The maximum atomic E-state index is 13.3. The second kappa shape index (κ2) is 8.98. The van der Waals surface area contributed by atoms with E-state index >= 15 is 0 Å². The molecule has 0 spiro atoms. The number of esters is 1. The number of methoxy groups -OCH3 is 1. The number of hydrogen-bond acceptors (Lipinski definition) is 7. The number of benzene rings is 3. The lowest BCUT2D eigenvalue weighted by Gasteiger charge is -2.23. The van der Waals surface area contributed by atoms with E-state index in [2.05, 4.69) is 4.98 Å². The first-order valence-corrected chi connectivity index (χ1v) is 11.7. The van der Waals surface area contributed by atoms with Crippen LogP contribution in [0.2, 0.25) is 5.02 Å². The molecular formula is C26H17ClN2O5S. The molecule has 1 unspecified atom stereocenters. The smallest absolute Gasteiger partial charge is 0.337 e. The first-order valence-electron chi connectivity index (χ1n) is 10.5. The number of ether oxygens (including phenoxy) is 1. The Kier molecular flexibility index (Phi) is 5.84. The van der Waals surface area contributed by atoms with Crippen molar-refractivity contribution in [2.24, 2.45) is 0 Å². The minimum absolute atomic E-state index is 0.0811. The molecule has 7 nitrogen and oxygen atoms in total. The lowest BCUT2D eigenvalue weighted by atomic mass is 9.95. The molecule has 35 heavy (non-hydrogen) atoms. The molecule has 1 aromatic heterocycles. The van der Waals surface area contributed by atoms with E-state index in [0.29, 0.717) is 32.4 Å². The number of anilines is 1. The number of hydrogen-bond donors (Lipinski definition) is 1. The number of para-hydroxylation sites is 1. The Balaban J connectivity index is 1.70. The van der Waals surface area contributed by atoms with Crippen molar-refractivity contribution >= 4 is 61.7 Å². The van der Waals surface area contributed by atoms with Gasteiger partial charge in [0, 0.05) is 10.6 Å². The molecule has 1 saturated heterocycles. The molecule has 0 bridgehead atoms. The SMILES string of the molecule is COC(=O)c1ccc(C2/C(=C(\O)c3ccc(Cl)cc3)C(=O)C(=O)N2c2nc3ccccc3s2)cc1. The summed E-state index contributed by atoms with van der Waals surface area (Å²) in [5.74, 6) is -2.48. The molecule has 3 aromatic carbocycles. The summed E-state index contributed by atoms with van der Waals surface area (Å²) in [5.41, 5.74) is 1.78. The number of amides is 1. The van der Waals surface area contributed by atoms with E-state index in [9.17, 15) is 19.5 Å². The summed E-state index contributed by atoms with van der Waals surface area (Å²) in [6.07, 6.45) is 0. The van der Waals surface area contributed by atoms with Gasteiger partial charge in [-0.25, -0.2) is 9.78 Å². The predicted molar refractivity (Wildman–Crippen MR) is 134 cm³/mol. The van der Waals surface area contributed by atoms with Crippen LogP contribution in [0.15, 0.2) is 78.4 Å². The summed E-state index contributed by atoms with van der Waals surface area (Å²) >= 11 is 7.24. The molecule has 0 saturated carbocycles. The van der Waals surface area contributed by atoms with Crippen molar-refractivity contribution in [3.63, 3.8) is 0 Å². The molecule has 2 heterocycles. The van der Waals surface area contributed by atoms with Gasteiger partial charge in [0.25, 0.3) is 5.78 Å². The molecule has 5 rings (SSSR count). The number of thiazole rings is 1. The molecule has 0 radical (unpaired) electrons. The van der Waals surface area contributed by atoms with Gasteiger partial charge in [-0.2, -0.15) is 0 Å². The van der Waals surface area contributed by atoms with Crippen LogP contribution in [0.25, 0.3) is 16.0 Å². The standard InChI is InChI=1S/C26H17ClN2O5S/c1-34-25(33)16-8-6-14(7-9-16)21-20(22(30)15-10-12-17(27)13-11-15)23(31)24(32)29(21)26-28-18-4-2-3-5-19(18)35-26/h2-13,21,30H,1H3/b22-20+. The number of rotatable bonds is 4. The lowest BCUT2D eigenvalue weighted by Crippen LogP contribution is -2.29. The monoisotopic (exact) mass is 504 g/mol. The number of nitrogens with zero attached hydrogens (tertiary/aromatic N) is 2. The first-order chi connectivity index (χ1) is 16.9. The first kappa shape index (κ1) is 22.8. The number of carbonyl (C=O) groups is 3. The quantitative estimate of drug-likeness (QED) is 0.174. The van der Waals surface area contributed by atoms with Crippen molar-refractivity contribution in [3.8, 4) is 0 Å². The molecule has 1 aliphatic heterocycles. The maximum absolute atomic E-state index is 13.3. The highest BCUT2D eigenvalue weighted by Crippen LogP contribution is 2.44. The zero-order valence-corrected chi connectivity index (χ0v) is 19.8. The number of halogens is 1. The predicted octanol–water partition coefficient (Wildman–Crippen LogP) is 5.36. The van der Waals surface area contributed by atoms with Crippen LogP contribution in [0.5, 0.6) is 0 Å². The molecule has 1 aliphatic rings. The Morgan fingerprint density at radius 3 is 2.31 bits per heavy atom. The minimum Gasteiger partial charge on any atom is -0.507 e. The fraction of sp³-hybridized carbons (Fsp3) is 0.0769. The van der Waals surface area contributed by atoms with E-state index in [4.69, 9.17) is 16.3 Å². The second-order valence-corrected chi connectivity index (χ2v) is 9.20. The van der Waals surface area contributed by atoms with Crippen molar-refractivity contribution in [1.82, 2.24) is 4.98 Å². The number of fused-ring (bicyclic) bond motifs is 1. The summed E-state index contributed by atoms with van der Waals surface area (Å²) in [5, 5.41) is 12.0. The van der Waals surface area contributed by atoms with Crippen LogP contribution < -0.4 is 4.90 Å². The van der Waals surface area contributed by atoms with Gasteiger partial charge in [-0.1, -0.05) is 47.2 Å². The normalized spacial score (nSPS) is 17.2. The third-order valence-corrected chi connectivity index (χ3v) is 6.99. The highest BCUT2D eigenvalue weighted by molar-refractivity contribution is 7.22. The highest BCUT2D eigenvalue weighted by atomic mass is 35.5. The molecule has 4 aromatic rings. The number of carbonyl (C=O) groups excluding carboxylic acids is 3. The van der Waals surface area contributed by atoms with Gasteiger partial charge in [-0.3, -0.25) is 14.5 Å². The van der Waals surface area contributed by atoms with Gasteiger partial charge in [0.15, 0.2) is 5.13 Å². The highest BCUT2D eigenvalue weighted by Gasteiger charge is 2.48. The van der Waals surface area contributed by atoms with Gasteiger partial charge in [0.2, 0.25) is 0 Å². The van der Waals surface area contributed by atoms with Gasteiger partial charge in [0.1, 0.15) is 5.76 Å². The molecular weight excluding hydrogens is 488 g/mol. The van der Waals surface area contributed by atoms with Crippen LogP contribution in [-0.2, 0) is 14.3 Å². The van der Waals surface area contributed by atoms with Crippen LogP contribution in [0.1, 0.15) is 27.5 Å². The van der Waals surface area contributed by atoms with Crippen LogP contribution in [0.3, 0.4) is 0 Å². The van der Waals surface area contributed by atoms with Gasteiger partial charge >= 0.3 is 11.9 Å².